The predicted octanol–water partition coefficient (Wildman–Crippen LogP) is 1.43. The first kappa shape index (κ1) is 13.5. The largest absolute Gasteiger partial charge is 0.394 e. The van der Waals surface area contributed by atoms with Crippen LogP contribution in [0.15, 0.2) is 18.3 Å². The van der Waals surface area contributed by atoms with Crippen molar-refractivity contribution in [1.29, 1.82) is 0 Å². The molecule has 0 bridgehead atoms. The molecule has 2 heterocycles. The molecule has 2 aromatic heterocycles. The normalized spacial score (nSPS) is 12.8. The minimum Gasteiger partial charge on any atom is -0.394 e. The maximum atomic E-state index is 9.42. The molecule has 0 saturated heterocycles. The molecule has 6 heteroatoms. The summed E-state index contributed by atoms with van der Waals surface area (Å²) in [6, 6.07) is 3.57. The maximum Gasteiger partial charge on any atom is 0.222 e. The van der Waals surface area contributed by atoms with Gasteiger partial charge in [0.05, 0.1) is 18.2 Å². The Balaban J connectivity index is 2.33. The highest BCUT2D eigenvalue weighted by Crippen LogP contribution is 2.20. The lowest BCUT2D eigenvalue weighted by atomic mass is 10.0. The number of aliphatic hydroxyl groups is 1. The van der Waals surface area contributed by atoms with Gasteiger partial charge in [-0.25, -0.2) is 4.98 Å². The topological polar surface area (TPSA) is 97.0 Å². The molecule has 0 saturated carbocycles. The molecule has 4 N–H and O–H groups in total. The van der Waals surface area contributed by atoms with Gasteiger partial charge in [-0.2, -0.15) is 4.98 Å². The lowest BCUT2D eigenvalue weighted by molar-refractivity contribution is 0.259. The number of rotatable bonds is 5. The van der Waals surface area contributed by atoms with Crippen LogP contribution in [-0.2, 0) is 0 Å². The number of nitrogen functional groups attached to an aromatic ring is 1. The van der Waals surface area contributed by atoms with E-state index in [-0.39, 0.29) is 18.6 Å². The van der Waals surface area contributed by atoms with Crippen LogP contribution in [0.5, 0.6) is 0 Å². The molecule has 2 aromatic rings. The number of aromatic nitrogens is 3. The van der Waals surface area contributed by atoms with E-state index in [1.165, 1.54) is 0 Å². The molecule has 6 nitrogen and oxygen atoms in total. The first-order chi connectivity index (χ1) is 9.10. The monoisotopic (exact) mass is 261 g/mol. The molecule has 0 aliphatic heterocycles. The van der Waals surface area contributed by atoms with Gasteiger partial charge in [-0.3, -0.25) is 4.98 Å². The molecule has 0 fully saturated rings. The quantitative estimate of drug-likeness (QED) is 0.753. The Kier molecular flexibility index (Phi) is 4.11. The number of aliphatic hydroxyl groups excluding tert-OH is 1. The van der Waals surface area contributed by atoms with Gasteiger partial charge >= 0.3 is 0 Å². The van der Waals surface area contributed by atoms with Gasteiger partial charge in [-0.1, -0.05) is 13.8 Å². The van der Waals surface area contributed by atoms with E-state index >= 15 is 0 Å². The second-order valence-corrected chi connectivity index (χ2v) is 4.95. The summed E-state index contributed by atoms with van der Waals surface area (Å²) in [6.07, 6.45) is 2.53. The maximum absolute atomic E-state index is 9.42. The van der Waals surface area contributed by atoms with Crippen LogP contribution in [0.25, 0.3) is 11.0 Å². The summed E-state index contributed by atoms with van der Waals surface area (Å²) >= 11 is 0. The van der Waals surface area contributed by atoms with Crippen LogP contribution >= 0.6 is 0 Å². The van der Waals surface area contributed by atoms with Crippen molar-refractivity contribution >= 4 is 22.8 Å². The van der Waals surface area contributed by atoms with Gasteiger partial charge in [0.15, 0.2) is 5.82 Å². The smallest absolute Gasteiger partial charge is 0.222 e. The standard InChI is InChI=1S/C13H19N5O/c1-8(2)6-9(7-19)16-12-11-10(4-3-5-15-11)17-13(14)18-12/h3-5,8-9,19H,6-7H2,1-2H3,(H3,14,16,17,18). The molecule has 1 unspecified atom stereocenters. The van der Waals surface area contributed by atoms with Gasteiger partial charge in [0.25, 0.3) is 0 Å². The van der Waals surface area contributed by atoms with Crippen molar-refractivity contribution in [2.24, 2.45) is 5.92 Å². The van der Waals surface area contributed by atoms with E-state index in [0.717, 1.165) is 6.42 Å². The van der Waals surface area contributed by atoms with E-state index in [0.29, 0.717) is 22.8 Å². The van der Waals surface area contributed by atoms with Crippen LogP contribution in [0.1, 0.15) is 20.3 Å². The zero-order valence-corrected chi connectivity index (χ0v) is 11.2. The molecule has 0 spiro atoms. The highest BCUT2D eigenvalue weighted by Gasteiger charge is 2.14. The van der Waals surface area contributed by atoms with E-state index in [9.17, 15) is 5.11 Å². The average Bonchev–Trinajstić information content (AvgIpc) is 2.37. The van der Waals surface area contributed by atoms with Crippen LogP contribution in [0.4, 0.5) is 11.8 Å². The van der Waals surface area contributed by atoms with Crippen LogP contribution in [0, 0.1) is 5.92 Å². The fourth-order valence-corrected chi connectivity index (χ4v) is 2.03. The Morgan fingerprint density at radius 1 is 1.37 bits per heavy atom. The zero-order valence-electron chi connectivity index (χ0n) is 11.2. The molecule has 1 atom stereocenters. The van der Waals surface area contributed by atoms with Crippen molar-refractivity contribution in [2.75, 3.05) is 17.7 Å². The summed E-state index contributed by atoms with van der Waals surface area (Å²) in [7, 11) is 0. The predicted molar refractivity (Wildman–Crippen MR) is 75.7 cm³/mol. The lowest BCUT2D eigenvalue weighted by Crippen LogP contribution is -2.26. The van der Waals surface area contributed by atoms with Crippen molar-refractivity contribution in [3.8, 4) is 0 Å². The fraction of sp³-hybridized carbons (Fsp3) is 0.462. The molecule has 0 radical (unpaired) electrons. The Bertz CT molecular complexity index is 558. The molecule has 102 valence electrons. The van der Waals surface area contributed by atoms with Crippen molar-refractivity contribution < 1.29 is 5.11 Å². The van der Waals surface area contributed by atoms with Gasteiger partial charge in [0.2, 0.25) is 5.95 Å². The highest BCUT2D eigenvalue weighted by molar-refractivity contribution is 5.85. The number of hydrogen-bond acceptors (Lipinski definition) is 6. The summed E-state index contributed by atoms with van der Waals surface area (Å²) in [5, 5.41) is 12.6. The Labute approximate surface area is 112 Å². The summed E-state index contributed by atoms with van der Waals surface area (Å²) in [5.74, 6) is 1.25. The van der Waals surface area contributed by atoms with Gasteiger partial charge < -0.3 is 16.2 Å². The molecule has 0 aliphatic rings. The first-order valence-electron chi connectivity index (χ1n) is 6.35. The Hall–Kier alpha value is -1.95. The van der Waals surface area contributed by atoms with Gasteiger partial charge in [0.1, 0.15) is 5.52 Å². The van der Waals surface area contributed by atoms with Crippen molar-refractivity contribution in [2.45, 2.75) is 26.3 Å². The van der Waals surface area contributed by atoms with E-state index in [4.69, 9.17) is 5.73 Å². The molecular weight excluding hydrogens is 242 g/mol. The number of fused-ring (bicyclic) bond motifs is 1. The molecule has 2 rings (SSSR count). The summed E-state index contributed by atoms with van der Waals surface area (Å²) in [6.45, 7) is 4.25. The highest BCUT2D eigenvalue weighted by atomic mass is 16.3. The van der Waals surface area contributed by atoms with Crippen LogP contribution < -0.4 is 11.1 Å². The summed E-state index contributed by atoms with van der Waals surface area (Å²) in [5.41, 5.74) is 7.05. The summed E-state index contributed by atoms with van der Waals surface area (Å²) < 4.78 is 0. The van der Waals surface area contributed by atoms with Crippen molar-refractivity contribution in [1.82, 2.24) is 15.0 Å². The SMILES string of the molecule is CC(C)CC(CO)Nc1nc(N)nc2cccnc12. The third-order valence-electron chi connectivity index (χ3n) is 2.79. The second-order valence-electron chi connectivity index (χ2n) is 4.95. The van der Waals surface area contributed by atoms with Crippen molar-refractivity contribution in [3.63, 3.8) is 0 Å². The van der Waals surface area contributed by atoms with Crippen LogP contribution in [0.3, 0.4) is 0 Å². The lowest BCUT2D eigenvalue weighted by Gasteiger charge is -2.19. The molecule has 19 heavy (non-hydrogen) atoms. The Morgan fingerprint density at radius 2 is 2.16 bits per heavy atom. The number of nitrogens with one attached hydrogen (secondary N) is 1. The molecule has 0 amide bonds. The third-order valence-corrected chi connectivity index (χ3v) is 2.79. The van der Waals surface area contributed by atoms with E-state index in [1.807, 2.05) is 6.07 Å². The van der Waals surface area contributed by atoms with Gasteiger partial charge in [-0.15, -0.1) is 0 Å². The third kappa shape index (κ3) is 3.29. The summed E-state index contributed by atoms with van der Waals surface area (Å²) in [4.78, 5) is 12.6. The number of nitrogens with zero attached hydrogens (tertiary/aromatic N) is 3. The minimum absolute atomic E-state index is 0.0381. The van der Waals surface area contributed by atoms with Crippen LogP contribution in [-0.4, -0.2) is 32.7 Å². The first-order valence-corrected chi connectivity index (χ1v) is 6.35. The fourth-order valence-electron chi connectivity index (χ4n) is 2.03. The minimum atomic E-state index is -0.0699. The zero-order chi connectivity index (χ0) is 13.8. The van der Waals surface area contributed by atoms with Crippen molar-refractivity contribution in [3.05, 3.63) is 18.3 Å². The number of nitrogens with two attached hydrogens (primary N) is 1. The van der Waals surface area contributed by atoms with Crippen LogP contribution in [0.2, 0.25) is 0 Å². The van der Waals surface area contributed by atoms with Gasteiger partial charge in [0, 0.05) is 6.20 Å². The van der Waals surface area contributed by atoms with E-state index in [1.54, 1.807) is 12.3 Å². The number of hydrogen-bond donors (Lipinski definition) is 3. The molecule has 0 aliphatic carbocycles. The van der Waals surface area contributed by atoms with Gasteiger partial charge in [-0.05, 0) is 24.5 Å². The molecular formula is C13H19N5O. The number of anilines is 2. The Morgan fingerprint density at radius 3 is 2.84 bits per heavy atom. The number of pyridine rings is 1. The average molecular weight is 261 g/mol. The second kappa shape index (κ2) is 5.79. The van der Waals surface area contributed by atoms with E-state index < -0.39 is 0 Å². The van der Waals surface area contributed by atoms with E-state index in [2.05, 4.69) is 34.1 Å². The molecule has 0 aromatic carbocycles.